The number of aryl methyl sites for hydroxylation is 2. The van der Waals surface area contributed by atoms with E-state index in [0.717, 1.165) is 16.7 Å². The maximum absolute atomic E-state index is 12.9. The molecule has 7 nitrogen and oxygen atoms in total. The highest BCUT2D eigenvalue weighted by atomic mass is 32.2. The number of hydrogen-bond donors (Lipinski definition) is 1. The summed E-state index contributed by atoms with van der Waals surface area (Å²) in [6.07, 6.45) is 3.19. The maximum atomic E-state index is 12.9. The van der Waals surface area contributed by atoms with E-state index in [0.29, 0.717) is 31.5 Å². The highest BCUT2D eigenvalue weighted by molar-refractivity contribution is 7.92. The number of sulfonamides is 1. The zero-order valence-corrected chi connectivity index (χ0v) is 18.7. The van der Waals surface area contributed by atoms with E-state index in [1.165, 1.54) is 9.71 Å². The topological polar surface area (TPSA) is 95.0 Å². The van der Waals surface area contributed by atoms with Crippen LogP contribution >= 0.6 is 0 Å². The molecule has 1 N–H and O–H groups in total. The van der Waals surface area contributed by atoms with Crippen LogP contribution in [-0.4, -0.2) is 66.2 Å². The number of carbonyl (C=O) groups is 2. The molecule has 0 bridgehead atoms. The number of ketones is 1. The highest BCUT2D eigenvalue weighted by Crippen LogP contribution is 2.25. The fourth-order valence-corrected chi connectivity index (χ4v) is 5.14. The lowest BCUT2D eigenvalue weighted by molar-refractivity contribution is -0.120. The molecule has 0 saturated carbocycles. The third-order valence-corrected chi connectivity index (χ3v) is 7.58. The molecular weight excluding hydrogens is 404 g/mol. The van der Waals surface area contributed by atoms with Gasteiger partial charge in [0.1, 0.15) is 5.78 Å². The summed E-state index contributed by atoms with van der Waals surface area (Å²) in [5.74, 6) is 0.0209. The van der Waals surface area contributed by atoms with Gasteiger partial charge in [0.15, 0.2) is 0 Å². The predicted octanol–water partition coefficient (Wildman–Crippen LogP) is 2.26. The average molecular weight is 435 g/mol. The molecule has 2 saturated heterocycles. The van der Waals surface area contributed by atoms with Crippen LogP contribution in [0.2, 0.25) is 0 Å². The third-order valence-electron chi connectivity index (χ3n) is 6.02. The first-order chi connectivity index (χ1) is 14.0. The SMILES string of the molecule is Cc1cc(C(=O)N2CCC(C)(O)CC2)cc(C)c1/C=C/S(=O)(=O)N1CCC(=O)CC1. The Bertz CT molecular complexity index is 938. The minimum Gasteiger partial charge on any atom is -0.390 e. The smallest absolute Gasteiger partial charge is 0.253 e. The molecule has 2 aliphatic heterocycles. The van der Waals surface area contributed by atoms with Gasteiger partial charge in [-0.1, -0.05) is 0 Å². The molecule has 0 aliphatic carbocycles. The molecule has 1 aromatic carbocycles. The first-order valence-electron chi connectivity index (χ1n) is 10.3. The van der Waals surface area contributed by atoms with Gasteiger partial charge in [0.2, 0.25) is 10.0 Å². The number of rotatable bonds is 4. The molecule has 0 spiro atoms. The Balaban J connectivity index is 1.75. The summed E-state index contributed by atoms with van der Waals surface area (Å²) in [6.45, 7) is 6.98. The Morgan fingerprint density at radius 1 is 1.07 bits per heavy atom. The van der Waals surface area contributed by atoms with Crippen molar-refractivity contribution in [2.75, 3.05) is 26.2 Å². The summed E-state index contributed by atoms with van der Waals surface area (Å²) in [6, 6.07) is 3.57. The van der Waals surface area contributed by atoms with Crippen molar-refractivity contribution in [3.05, 3.63) is 39.8 Å². The van der Waals surface area contributed by atoms with E-state index in [1.54, 1.807) is 30.0 Å². The van der Waals surface area contributed by atoms with Gasteiger partial charge in [0, 0.05) is 50.0 Å². The van der Waals surface area contributed by atoms with Gasteiger partial charge in [0.25, 0.3) is 5.91 Å². The Kier molecular flexibility index (Phi) is 6.50. The number of aliphatic hydroxyl groups is 1. The summed E-state index contributed by atoms with van der Waals surface area (Å²) in [5.41, 5.74) is 2.26. The lowest BCUT2D eigenvalue weighted by atomic mass is 9.93. The summed E-state index contributed by atoms with van der Waals surface area (Å²) < 4.78 is 26.5. The zero-order valence-electron chi connectivity index (χ0n) is 17.8. The van der Waals surface area contributed by atoms with Crippen LogP contribution in [0.1, 0.15) is 59.7 Å². The molecule has 164 valence electrons. The van der Waals surface area contributed by atoms with Gasteiger partial charge in [-0.3, -0.25) is 9.59 Å². The molecule has 8 heteroatoms. The van der Waals surface area contributed by atoms with Crippen LogP contribution in [-0.2, 0) is 14.8 Å². The fraction of sp³-hybridized carbons (Fsp3) is 0.545. The van der Waals surface area contributed by atoms with E-state index >= 15 is 0 Å². The molecule has 2 aliphatic rings. The second-order valence-corrected chi connectivity index (χ2v) is 10.4. The molecule has 30 heavy (non-hydrogen) atoms. The zero-order chi connectivity index (χ0) is 22.1. The number of likely N-dealkylation sites (tertiary alicyclic amines) is 1. The monoisotopic (exact) mass is 434 g/mol. The van der Waals surface area contributed by atoms with Crippen LogP contribution in [0, 0.1) is 13.8 Å². The van der Waals surface area contributed by atoms with Crippen LogP contribution < -0.4 is 0 Å². The van der Waals surface area contributed by atoms with E-state index in [1.807, 2.05) is 13.8 Å². The van der Waals surface area contributed by atoms with Crippen LogP contribution in [0.3, 0.4) is 0 Å². The van der Waals surface area contributed by atoms with E-state index in [9.17, 15) is 23.1 Å². The summed E-state index contributed by atoms with van der Waals surface area (Å²) in [7, 11) is -3.59. The van der Waals surface area contributed by atoms with Crippen molar-refractivity contribution in [3.8, 4) is 0 Å². The largest absolute Gasteiger partial charge is 0.390 e. The van der Waals surface area contributed by atoms with Gasteiger partial charge in [0.05, 0.1) is 5.60 Å². The van der Waals surface area contributed by atoms with E-state index in [2.05, 4.69) is 0 Å². The van der Waals surface area contributed by atoms with Crippen LogP contribution in [0.5, 0.6) is 0 Å². The van der Waals surface area contributed by atoms with Gasteiger partial charge in [-0.2, -0.15) is 4.31 Å². The molecule has 1 aromatic rings. The normalized spacial score (nSPS) is 20.7. The van der Waals surface area contributed by atoms with Gasteiger partial charge >= 0.3 is 0 Å². The van der Waals surface area contributed by atoms with Crippen LogP contribution in [0.25, 0.3) is 6.08 Å². The molecule has 3 rings (SSSR count). The first kappa shape index (κ1) is 22.7. The average Bonchev–Trinajstić information content (AvgIpc) is 2.67. The quantitative estimate of drug-likeness (QED) is 0.784. The summed E-state index contributed by atoms with van der Waals surface area (Å²) in [4.78, 5) is 26.0. The molecular formula is C22H30N2O5S. The number of Topliss-reactive ketones (excluding diaryl/α,β-unsaturated/α-hetero) is 1. The Labute approximate surface area is 178 Å². The Hall–Kier alpha value is -2.03. The van der Waals surface area contributed by atoms with Crippen molar-refractivity contribution < 1.29 is 23.1 Å². The van der Waals surface area contributed by atoms with Crippen molar-refractivity contribution >= 4 is 27.8 Å². The first-order valence-corrected chi connectivity index (χ1v) is 11.8. The number of piperidine rings is 2. The van der Waals surface area contributed by atoms with Gasteiger partial charge in [-0.15, -0.1) is 0 Å². The van der Waals surface area contributed by atoms with E-state index in [-0.39, 0.29) is 37.6 Å². The molecule has 0 atom stereocenters. The third kappa shape index (κ3) is 5.17. The minimum absolute atomic E-state index is 0.0714. The second kappa shape index (κ2) is 8.61. The maximum Gasteiger partial charge on any atom is 0.253 e. The van der Waals surface area contributed by atoms with Crippen LogP contribution in [0.15, 0.2) is 17.5 Å². The molecule has 0 unspecified atom stereocenters. The van der Waals surface area contributed by atoms with Crippen molar-refractivity contribution in [2.45, 2.75) is 52.1 Å². The number of amides is 1. The van der Waals surface area contributed by atoms with Crippen LogP contribution in [0.4, 0.5) is 0 Å². The van der Waals surface area contributed by atoms with E-state index in [4.69, 9.17) is 0 Å². The highest BCUT2D eigenvalue weighted by Gasteiger charge is 2.30. The number of benzene rings is 1. The second-order valence-electron chi connectivity index (χ2n) is 8.60. The molecule has 0 aromatic heterocycles. The number of hydrogen-bond acceptors (Lipinski definition) is 5. The van der Waals surface area contributed by atoms with E-state index < -0.39 is 15.6 Å². The van der Waals surface area contributed by atoms with Crippen molar-refractivity contribution in [2.24, 2.45) is 0 Å². The Morgan fingerprint density at radius 3 is 2.13 bits per heavy atom. The molecule has 0 radical (unpaired) electrons. The lowest BCUT2D eigenvalue weighted by Gasteiger charge is -2.36. The number of nitrogens with zero attached hydrogens (tertiary/aromatic N) is 2. The standard InChI is InChI=1S/C22H30N2O5S/c1-16-14-18(21(26)23-11-7-22(3,27)8-12-23)15-17(2)20(16)6-13-30(28,29)24-9-4-19(25)5-10-24/h6,13-15,27H,4-5,7-12H2,1-3H3/b13-6+. The number of carbonyl (C=O) groups excluding carboxylic acids is 2. The lowest BCUT2D eigenvalue weighted by Crippen LogP contribution is -2.45. The molecule has 2 fully saturated rings. The van der Waals surface area contributed by atoms with Gasteiger partial charge in [-0.05, 0) is 68.5 Å². The minimum atomic E-state index is -3.59. The van der Waals surface area contributed by atoms with Crippen molar-refractivity contribution in [3.63, 3.8) is 0 Å². The summed E-state index contributed by atoms with van der Waals surface area (Å²) >= 11 is 0. The molecule has 1 amide bonds. The summed E-state index contributed by atoms with van der Waals surface area (Å²) in [5, 5.41) is 11.3. The fourth-order valence-electron chi connectivity index (χ4n) is 3.97. The molecule has 2 heterocycles. The Morgan fingerprint density at radius 2 is 1.60 bits per heavy atom. The van der Waals surface area contributed by atoms with Gasteiger partial charge in [-0.25, -0.2) is 8.42 Å². The van der Waals surface area contributed by atoms with Crippen molar-refractivity contribution in [1.82, 2.24) is 9.21 Å². The van der Waals surface area contributed by atoms with Crippen molar-refractivity contribution in [1.29, 1.82) is 0 Å². The van der Waals surface area contributed by atoms with Gasteiger partial charge < -0.3 is 10.0 Å². The predicted molar refractivity (Wildman–Crippen MR) is 115 cm³/mol.